The van der Waals surface area contributed by atoms with Crippen LogP contribution in [-0.2, 0) is 17.5 Å². The maximum absolute atomic E-state index is 12.4. The summed E-state index contributed by atoms with van der Waals surface area (Å²) in [5, 5.41) is 3.26. The van der Waals surface area contributed by atoms with E-state index in [1.54, 1.807) is 6.07 Å². The van der Waals surface area contributed by atoms with Gasteiger partial charge >= 0.3 is 6.18 Å². The molecule has 24 heavy (non-hydrogen) atoms. The molecule has 0 bridgehead atoms. The van der Waals surface area contributed by atoms with Crippen LogP contribution in [0.4, 0.5) is 13.2 Å². The molecule has 0 spiro atoms. The number of nitrogens with one attached hydrogen (secondary N) is 1. The van der Waals surface area contributed by atoms with E-state index in [-0.39, 0.29) is 18.2 Å². The lowest BCUT2D eigenvalue weighted by Gasteiger charge is -2.10. The molecular weight excluding hydrogens is 366 g/mol. The van der Waals surface area contributed by atoms with Crippen molar-refractivity contribution in [2.75, 3.05) is 6.61 Å². The van der Waals surface area contributed by atoms with Crippen LogP contribution in [0.5, 0.6) is 5.75 Å². The van der Waals surface area contributed by atoms with E-state index in [0.717, 1.165) is 12.1 Å². The highest BCUT2D eigenvalue weighted by molar-refractivity contribution is 6.35. The third kappa shape index (κ3) is 5.32. The van der Waals surface area contributed by atoms with Crippen LogP contribution < -0.4 is 10.1 Å². The van der Waals surface area contributed by atoms with Crippen molar-refractivity contribution in [3.63, 3.8) is 0 Å². The van der Waals surface area contributed by atoms with Crippen LogP contribution in [0, 0.1) is 0 Å². The van der Waals surface area contributed by atoms with Crippen LogP contribution in [0.2, 0.25) is 10.0 Å². The molecule has 0 saturated heterocycles. The van der Waals surface area contributed by atoms with Crippen LogP contribution in [0.1, 0.15) is 11.1 Å². The fourth-order valence-corrected chi connectivity index (χ4v) is 2.26. The van der Waals surface area contributed by atoms with Gasteiger partial charge in [0.1, 0.15) is 5.75 Å². The largest absolute Gasteiger partial charge is 0.482 e. The molecule has 0 saturated carbocycles. The minimum absolute atomic E-state index is 0.0919. The van der Waals surface area contributed by atoms with Crippen molar-refractivity contribution in [3.05, 3.63) is 63.6 Å². The Morgan fingerprint density at radius 3 is 2.33 bits per heavy atom. The molecule has 0 aromatic heterocycles. The number of amides is 1. The number of alkyl halides is 3. The Balaban J connectivity index is 1.83. The van der Waals surface area contributed by atoms with Gasteiger partial charge in [0.15, 0.2) is 6.61 Å². The van der Waals surface area contributed by atoms with E-state index in [1.165, 1.54) is 24.3 Å². The second-order valence-corrected chi connectivity index (χ2v) is 5.68. The lowest BCUT2D eigenvalue weighted by atomic mass is 10.1. The quantitative estimate of drug-likeness (QED) is 0.819. The van der Waals surface area contributed by atoms with E-state index < -0.39 is 17.6 Å². The van der Waals surface area contributed by atoms with Crippen LogP contribution in [0.25, 0.3) is 0 Å². The first-order valence-electron chi connectivity index (χ1n) is 6.76. The smallest absolute Gasteiger partial charge is 0.416 e. The topological polar surface area (TPSA) is 38.3 Å². The van der Waals surface area contributed by atoms with Crippen molar-refractivity contribution < 1.29 is 22.7 Å². The third-order valence-corrected chi connectivity index (χ3v) is 3.55. The summed E-state index contributed by atoms with van der Waals surface area (Å²) in [6.45, 7) is -0.184. The van der Waals surface area contributed by atoms with Gasteiger partial charge in [0.25, 0.3) is 5.91 Å². The summed E-state index contributed by atoms with van der Waals surface area (Å²) in [4.78, 5) is 11.7. The molecule has 128 valence electrons. The molecule has 0 radical (unpaired) electrons. The summed E-state index contributed by atoms with van der Waals surface area (Å²) >= 11 is 11.7. The van der Waals surface area contributed by atoms with E-state index in [4.69, 9.17) is 27.9 Å². The molecule has 0 fully saturated rings. The number of ether oxygens (including phenoxy) is 1. The number of carbonyl (C=O) groups is 1. The first kappa shape index (κ1) is 18.4. The maximum atomic E-state index is 12.4. The standard InChI is InChI=1S/C16H12Cl2F3NO2/c17-12-5-6-14(13(18)7-12)24-9-15(23)22-8-10-1-3-11(4-2-10)16(19,20)21/h1-7H,8-9H2,(H,22,23). The van der Waals surface area contributed by atoms with Crippen molar-refractivity contribution in [3.8, 4) is 5.75 Å². The Labute approximate surface area is 146 Å². The van der Waals surface area contributed by atoms with Gasteiger partial charge < -0.3 is 10.1 Å². The van der Waals surface area contributed by atoms with Gasteiger partial charge in [0.05, 0.1) is 10.6 Å². The average molecular weight is 378 g/mol. The number of hydrogen-bond donors (Lipinski definition) is 1. The summed E-state index contributed by atoms with van der Waals surface area (Å²) in [6, 6.07) is 9.13. The molecule has 0 atom stereocenters. The minimum Gasteiger partial charge on any atom is -0.482 e. The second-order valence-electron chi connectivity index (χ2n) is 4.83. The van der Waals surface area contributed by atoms with Crippen molar-refractivity contribution in [2.45, 2.75) is 12.7 Å². The van der Waals surface area contributed by atoms with E-state index in [2.05, 4.69) is 5.32 Å². The first-order chi connectivity index (χ1) is 11.3. The summed E-state index contributed by atoms with van der Waals surface area (Å²) in [5.74, 6) is -0.119. The van der Waals surface area contributed by atoms with Gasteiger partial charge in [-0.1, -0.05) is 35.3 Å². The zero-order valence-corrected chi connectivity index (χ0v) is 13.7. The lowest BCUT2D eigenvalue weighted by molar-refractivity contribution is -0.137. The molecule has 0 heterocycles. The summed E-state index contributed by atoms with van der Waals surface area (Å²) in [6.07, 6.45) is -4.38. The van der Waals surface area contributed by atoms with Crippen molar-refractivity contribution in [1.29, 1.82) is 0 Å². The summed E-state index contributed by atoms with van der Waals surface area (Å²) < 4.78 is 42.6. The molecule has 0 aliphatic carbocycles. The van der Waals surface area contributed by atoms with Crippen molar-refractivity contribution >= 4 is 29.1 Å². The Morgan fingerprint density at radius 1 is 1.08 bits per heavy atom. The van der Waals surface area contributed by atoms with Gasteiger partial charge in [-0.15, -0.1) is 0 Å². The molecule has 0 unspecified atom stereocenters. The molecule has 1 N–H and O–H groups in total. The zero-order valence-electron chi connectivity index (χ0n) is 12.2. The first-order valence-corrected chi connectivity index (χ1v) is 7.52. The lowest BCUT2D eigenvalue weighted by Crippen LogP contribution is -2.28. The molecule has 2 aromatic carbocycles. The highest BCUT2D eigenvalue weighted by Gasteiger charge is 2.29. The Bertz CT molecular complexity index is 718. The van der Waals surface area contributed by atoms with Gasteiger partial charge in [0, 0.05) is 11.6 Å². The van der Waals surface area contributed by atoms with Gasteiger partial charge in [-0.3, -0.25) is 4.79 Å². The SMILES string of the molecule is O=C(COc1ccc(Cl)cc1Cl)NCc1ccc(C(F)(F)F)cc1. The van der Waals surface area contributed by atoms with Crippen LogP contribution in [-0.4, -0.2) is 12.5 Å². The average Bonchev–Trinajstić information content (AvgIpc) is 2.51. The monoisotopic (exact) mass is 377 g/mol. The van der Waals surface area contributed by atoms with Crippen LogP contribution in [0.3, 0.4) is 0 Å². The second kappa shape index (κ2) is 7.77. The molecule has 3 nitrogen and oxygen atoms in total. The van der Waals surface area contributed by atoms with Crippen molar-refractivity contribution in [2.24, 2.45) is 0 Å². The number of rotatable bonds is 5. The van der Waals surface area contributed by atoms with Gasteiger partial charge in [-0.05, 0) is 35.9 Å². The van der Waals surface area contributed by atoms with E-state index in [0.29, 0.717) is 16.3 Å². The molecule has 1 amide bonds. The highest BCUT2D eigenvalue weighted by Crippen LogP contribution is 2.29. The highest BCUT2D eigenvalue weighted by atomic mass is 35.5. The predicted molar refractivity (Wildman–Crippen MR) is 85.2 cm³/mol. The van der Waals surface area contributed by atoms with E-state index in [1.807, 2.05) is 0 Å². The normalized spacial score (nSPS) is 11.2. The molecule has 0 aliphatic heterocycles. The van der Waals surface area contributed by atoms with Crippen LogP contribution in [0.15, 0.2) is 42.5 Å². The minimum atomic E-state index is -4.38. The van der Waals surface area contributed by atoms with Crippen molar-refractivity contribution in [1.82, 2.24) is 5.32 Å². The van der Waals surface area contributed by atoms with Gasteiger partial charge in [-0.25, -0.2) is 0 Å². The number of carbonyl (C=O) groups excluding carboxylic acids is 1. The fraction of sp³-hybridized carbons (Fsp3) is 0.188. The third-order valence-electron chi connectivity index (χ3n) is 3.02. The Hall–Kier alpha value is -1.92. The Kier molecular flexibility index (Phi) is 5.96. The Morgan fingerprint density at radius 2 is 1.75 bits per heavy atom. The summed E-state index contributed by atoms with van der Waals surface area (Å²) in [5.41, 5.74) is -0.195. The molecule has 2 aromatic rings. The molecule has 8 heteroatoms. The number of hydrogen-bond acceptors (Lipinski definition) is 2. The zero-order chi connectivity index (χ0) is 17.7. The van der Waals surface area contributed by atoms with Gasteiger partial charge in [0.2, 0.25) is 0 Å². The van der Waals surface area contributed by atoms with Gasteiger partial charge in [-0.2, -0.15) is 13.2 Å². The number of benzene rings is 2. The van der Waals surface area contributed by atoms with E-state index in [9.17, 15) is 18.0 Å². The molecule has 2 rings (SSSR count). The fourth-order valence-electron chi connectivity index (χ4n) is 1.80. The maximum Gasteiger partial charge on any atom is 0.416 e. The molecular formula is C16H12Cl2F3NO2. The van der Waals surface area contributed by atoms with E-state index >= 15 is 0 Å². The number of halogens is 5. The summed E-state index contributed by atoms with van der Waals surface area (Å²) in [7, 11) is 0. The predicted octanol–water partition coefficient (Wildman–Crippen LogP) is 4.71. The molecule has 0 aliphatic rings. The van der Waals surface area contributed by atoms with Crippen LogP contribution >= 0.6 is 23.2 Å².